The van der Waals surface area contributed by atoms with Crippen LogP contribution in [0.4, 0.5) is 0 Å². The Hall–Kier alpha value is -1.01. The Morgan fingerprint density at radius 1 is 1.50 bits per heavy atom. The molecule has 1 aliphatic rings. The molecule has 5 nitrogen and oxygen atoms in total. The third-order valence-corrected chi connectivity index (χ3v) is 4.40. The van der Waals surface area contributed by atoms with E-state index in [1.165, 1.54) is 0 Å². The number of hydrogen-bond donors (Lipinski definition) is 0. The van der Waals surface area contributed by atoms with Gasteiger partial charge in [-0.1, -0.05) is 13.8 Å². The number of thioether (sulfide) groups is 1. The number of nitrogens with zero attached hydrogens (tertiary/aromatic N) is 4. The Morgan fingerprint density at radius 3 is 2.90 bits per heavy atom. The predicted molar refractivity (Wildman–Crippen MR) is 82.9 cm³/mol. The minimum Gasteiger partial charge on any atom is -0.334 e. The molecule has 0 aromatic carbocycles. The van der Waals surface area contributed by atoms with E-state index in [-0.39, 0.29) is 11.9 Å². The van der Waals surface area contributed by atoms with Crippen LogP contribution in [0, 0.1) is 0 Å². The summed E-state index contributed by atoms with van der Waals surface area (Å²) in [5, 5.41) is 4.45. The molecule has 0 saturated heterocycles. The van der Waals surface area contributed by atoms with Crippen LogP contribution in [-0.4, -0.2) is 63.7 Å². The molecule has 0 saturated carbocycles. The summed E-state index contributed by atoms with van der Waals surface area (Å²) in [5.74, 6) is 0.793. The maximum Gasteiger partial charge on any atom is 0.232 e. The second kappa shape index (κ2) is 7.13. The molecule has 0 N–H and O–H groups in total. The summed E-state index contributed by atoms with van der Waals surface area (Å²) in [4.78, 5) is 16.5. The summed E-state index contributed by atoms with van der Waals surface area (Å²) >= 11 is 1.59. The van der Waals surface area contributed by atoms with Crippen LogP contribution in [0.1, 0.15) is 25.6 Å². The summed E-state index contributed by atoms with van der Waals surface area (Å²) in [6, 6.07) is 2.28. The number of aromatic nitrogens is 2. The van der Waals surface area contributed by atoms with Crippen LogP contribution < -0.4 is 0 Å². The molecule has 0 unspecified atom stereocenters. The van der Waals surface area contributed by atoms with Gasteiger partial charge in [0.1, 0.15) is 0 Å². The van der Waals surface area contributed by atoms with E-state index in [0.29, 0.717) is 12.3 Å². The van der Waals surface area contributed by atoms with Crippen molar-refractivity contribution in [2.45, 2.75) is 26.4 Å². The SMILES string of the molecule is CCN(CC)C[C@@H]1CN(C(=O)CSC)Cc2ccnn21. The first kappa shape index (κ1) is 15.4. The number of carbonyl (C=O) groups excluding carboxylic acids is 1. The highest BCUT2D eigenvalue weighted by atomic mass is 32.2. The zero-order valence-corrected chi connectivity index (χ0v) is 13.4. The van der Waals surface area contributed by atoms with E-state index in [9.17, 15) is 4.79 Å². The molecule has 1 aromatic rings. The molecular formula is C14H24N4OS. The van der Waals surface area contributed by atoms with Gasteiger partial charge >= 0.3 is 0 Å². The Bertz CT molecular complexity index is 444. The van der Waals surface area contributed by atoms with Crippen molar-refractivity contribution in [2.24, 2.45) is 0 Å². The van der Waals surface area contributed by atoms with Crippen molar-refractivity contribution >= 4 is 17.7 Å². The van der Waals surface area contributed by atoms with Crippen LogP contribution in [0.2, 0.25) is 0 Å². The molecule has 2 heterocycles. The Labute approximate surface area is 125 Å². The van der Waals surface area contributed by atoms with E-state index >= 15 is 0 Å². The summed E-state index contributed by atoms with van der Waals surface area (Å²) < 4.78 is 2.10. The molecule has 1 aromatic heterocycles. The number of carbonyl (C=O) groups is 1. The minimum atomic E-state index is 0.231. The van der Waals surface area contributed by atoms with Gasteiger partial charge in [0, 0.05) is 19.3 Å². The molecule has 1 amide bonds. The molecule has 0 aliphatic carbocycles. The quantitative estimate of drug-likeness (QED) is 0.797. The highest BCUT2D eigenvalue weighted by Gasteiger charge is 2.28. The molecule has 0 fully saturated rings. The summed E-state index contributed by atoms with van der Waals surface area (Å²) in [6.45, 7) is 8.81. The molecule has 0 radical (unpaired) electrons. The van der Waals surface area contributed by atoms with Gasteiger partial charge in [0.15, 0.2) is 0 Å². The van der Waals surface area contributed by atoms with Crippen LogP contribution in [0.15, 0.2) is 12.3 Å². The van der Waals surface area contributed by atoms with Crippen molar-refractivity contribution in [1.29, 1.82) is 0 Å². The Morgan fingerprint density at radius 2 is 2.25 bits per heavy atom. The lowest BCUT2D eigenvalue weighted by atomic mass is 10.1. The van der Waals surface area contributed by atoms with Crippen molar-refractivity contribution in [3.63, 3.8) is 0 Å². The third kappa shape index (κ3) is 3.35. The van der Waals surface area contributed by atoms with Gasteiger partial charge in [-0.2, -0.15) is 16.9 Å². The van der Waals surface area contributed by atoms with Gasteiger partial charge in [0.2, 0.25) is 5.91 Å². The summed E-state index contributed by atoms with van der Waals surface area (Å²) in [7, 11) is 0. The standard InChI is InChI=1S/C14H24N4OS/c1-4-16(5-2)8-13-10-17(14(19)11-20-3)9-12-6-7-15-18(12)13/h6-7,13H,4-5,8-11H2,1-3H3/t13-/m1/s1. The number of fused-ring (bicyclic) bond motifs is 1. The van der Waals surface area contributed by atoms with Gasteiger partial charge in [0.25, 0.3) is 0 Å². The lowest BCUT2D eigenvalue weighted by Crippen LogP contribution is -2.45. The number of likely N-dealkylation sites (N-methyl/N-ethyl adjacent to an activating group) is 1. The fourth-order valence-electron chi connectivity index (χ4n) is 2.71. The lowest BCUT2D eigenvalue weighted by Gasteiger charge is -2.36. The average Bonchev–Trinajstić information content (AvgIpc) is 2.93. The van der Waals surface area contributed by atoms with Crippen molar-refractivity contribution in [3.05, 3.63) is 18.0 Å². The van der Waals surface area contributed by atoms with Crippen LogP contribution in [-0.2, 0) is 11.3 Å². The van der Waals surface area contributed by atoms with Crippen LogP contribution in [0.25, 0.3) is 0 Å². The number of hydrogen-bond acceptors (Lipinski definition) is 4. The van der Waals surface area contributed by atoms with Crippen LogP contribution in [0.5, 0.6) is 0 Å². The molecule has 1 atom stereocenters. The van der Waals surface area contributed by atoms with Gasteiger partial charge in [-0.25, -0.2) is 0 Å². The molecule has 20 heavy (non-hydrogen) atoms. The van der Waals surface area contributed by atoms with Gasteiger partial charge in [-0.05, 0) is 25.4 Å². The second-order valence-electron chi connectivity index (χ2n) is 5.11. The fraction of sp³-hybridized carbons (Fsp3) is 0.714. The predicted octanol–water partition coefficient (Wildman–Crippen LogP) is 1.47. The molecule has 0 bridgehead atoms. The number of rotatable bonds is 6. The molecule has 6 heteroatoms. The van der Waals surface area contributed by atoms with E-state index in [1.807, 2.05) is 23.4 Å². The first-order chi connectivity index (χ1) is 9.69. The van der Waals surface area contributed by atoms with Crippen LogP contribution >= 0.6 is 11.8 Å². The van der Waals surface area contributed by atoms with E-state index in [0.717, 1.165) is 31.9 Å². The first-order valence-corrected chi connectivity index (χ1v) is 8.60. The second-order valence-corrected chi connectivity index (χ2v) is 5.98. The van der Waals surface area contributed by atoms with Gasteiger partial charge in [-0.3, -0.25) is 9.48 Å². The molecule has 2 rings (SSSR count). The lowest BCUT2D eigenvalue weighted by molar-refractivity contribution is -0.130. The molecule has 0 spiro atoms. The zero-order valence-electron chi connectivity index (χ0n) is 12.6. The Balaban J connectivity index is 2.12. The van der Waals surface area contributed by atoms with Crippen LogP contribution in [0.3, 0.4) is 0 Å². The minimum absolute atomic E-state index is 0.231. The third-order valence-electron chi connectivity index (χ3n) is 3.87. The fourth-order valence-corrected chi connectivity index (χ4v) is 3.14. The van der Waals surface area contributed by atoms with Gasteiger partial charge in [-0.15, -0.1) is 0 Å². The van der Waals surface area contributed by atoms with E-state index < -0.39 is 0 Å². The maximum absolute atomic E-state index is 12.2. The highest BCUT2D eigenvalue weighted by Crippen LogP contribution is 2.21. The van der Waals surface area contributed by atoms with Crippen molar-refractivity contribution in [3.8, 4) is 0 Å². The Kier molecular flexibility index (Phi) is 5.48. The summed E-state index contributed by atoms with van der Waals surface area (Å²) in [5.41, 5.74) is 1.14. The zero-order chi connectivity index (χ0) is 14.5. The maximum atomic E-state index is 12.2. The van der Waals surface area contributed by atoms with Gasteiger partial charge in [0.05, 0.1) is 24.0 Å². The van der Waals surface area contributed by atoms with Crippen molar-refractivity contribution in [1.82, 2.24) is 19.6 Å². The smallest absolute Gasteiger partial charge is 0.232 e. The average molecular weight is 296 g/mol. The molecule has 1 aliphatic heterocycles. The normalized spacial score (nSPS) is 18.4. The summed E-state index contributed by atoms with van der Waals surface area (Å²) in [6.07, 6.45) is 3.81. The van der Waals surface area contributed by atoms with Crippen molar-refractivity contribution < 1.29 is 4.79 Å². The monoisotopic (exact) mass is 296 g/mol. The first-order valence-electron chi connectivity index (χ1n) is 7.21. The van der Waals surface area contributed by atoms with E-state index in [1.54, 1.807) is 11.8 Å². The molecule has 112 valence electrons. The number of amides is 1. The highest BCUT2D eigenvalue weighted by molar-refractivity contribution is 7.99. The van der Waals surface area contributed by atoms with E-state index in [4.69, 9.17) is 0 Å². The van der Waals surface area contributed by atoms with Crippen molar-refractivity contribution in [2.75, 3.05) is 38.2 Å². The molecular weight excluding hydrogens is 272 g/mol. The van der Waals surface area contributed by atoms with E-state index in [2.05, 4.69) is 28.5 Å². The van der Waals surface area contributed by atoms with Gasteiger partial charge < -0.3 is 9.80 Å². The largest absolute Gasteiger partial charge is 0.334 e. The topological polar surface area (TPSA) is 41.4 Å².